The molecule has 0 heterocycles. The third kappa shape index (κ3) is 22.4. The van der Waals surface area contributed by atoms with E-state index in [2.05, 4.69) is 91.8 Å². The maximum atomic E-state index is 2.57. The van der Waals surface area contributed by atoms with Crippen LogP contribution in [-0.2, 0) is 13.1 Å². The first kappa shape index (κ1) is 51.2. The van der Waals surface area contributed by atoms with Crippen LogP contribution in [0.4, 0.5) is 0 Å². The van der Waals surface area contributed by atoms with E-state index in [9.17, 15) is 0 Å². The summed E-state index contributed by atoms with van der Waals surface area (Å²) < 4.78 is 2.60. The predicted octanol–water partition coefficient (Wildman–Crippen LogP) is 17.2. The predicted molar refractivity (Wildman–Crippen MR) is 256 cm³/mol. The zero-order valence-electron chi connectivity index (χ0n) is 38.8. The van der Waals surface area contributed by atoms with Crippen LogP contribution in [0.3, 0.4) is 0 Å². The van der Waals surface area contributed by atoms with E-state index in [4.69, 9.17) is 0 Å². The van der Waals surface area contributed by atoms with Gasteiger partial charge < -0.3 is 8.97 Å². The molecule has 0 aliphatic heterocycles. The van der Waals surface area contributed by atoms with Crippen LogP contribution in [0.5, 0.6) is 0 Å². The van der Waals surface area contributed by atoms with Gasteiger partial charge in [-0.1, -0.05) is 152 Å². The average molecular weight is 811 g/mol. The molecule has 0 saturated heterocycles. The van der Waals surface area contributed by atoms with Gasteiger partial charge in [-0.15, -0.1) is 0 Å². The van der Waals surface area contributed by atoms with Crippen LogP contribution in [0, 0.1) is 13.8 Å². The van der Waals surface area contributed by atoms with Crippen molar-refractivity contribution in [1.29, 1.82) is 0 Å². The number of quaternary nitrogens is 2. The zero-order valence-corrected chi connectivity index (χ0v) is 40.4. The molecule has 322 valence electrons. The summed E-state index contributed by atoms with van der Waals surface area (Å²) in [7, 11) is 4.00. The summed E-state index contributed by atoms with van der Waals surface area (Å²) in [6.07, 6.45) is 32.8. The first-order chi connectivity index (χ1) is 27.3. The Morgan fingerprint density at radius 1 is 0.321 bits per heavy atom. The average Bonchev–Trinajstić information content (AvgIpc) is 3.18. The molecule has 0 radical (unpaired) electrons. The van der Waals surface area contributed by atoms with Crippen LogP contribution >= 0.6 is 21.6 Å². The van der Waals surface area contributed by atoms with Gasteiger partial charge in [0.2, 0.25) is 0 Å². The molecule has 0 aliphatic rings. The highest BCUT2D eigenvalue weighted by Gasteiger charge is 2.29. The molecule has 0 atom stereocenters. The normalized spacial score (nSPS) is 12.2. The van der Waals surface area contributed by atoms with Gasteiger partial charge in [0.15, 0.2) is 0 Å². The summed E-state index contributed by atoms with van der Waals surface area (Å²) in [6.45, 7) is 29.3. The largest absolute Gasteiger partial charge is 0.320 e. The Morgan fingerprint density at radius 3 is 0.804 bits per heavy atom. The molecule has 2 aromatic rings. The molecule has 2 rings (SSSR count). The van der Waals surface area contributed by atoms with E-state index < -0.39 is 0 Å². The number of benzene rings is 2. The minimum atomic E-state index is 1.20. The van der Waals surface area contributed by atoms with Gasteiger partial charge in [-0.2, -0.15) is 0 Å². The Hall–Kier alpha value is -0.940. The molecule has 0 aliphatic carbocycles. The lowest BCUT2D eigenvalue weighted by atomic mass is 10.0. The van der Waals surface area contributed by atoms with Crippen LogP contribution < -0.4 is 0 Å². The molecule has 0 fully saturated rings. The van der Waals surface area contributed by atoms with E-state index in [1.165, 1.54) is 236 Å². The maximum absolute atomic E-state index is 2.57. The molecule has 0 aromatic heterocycles. The van der Waals surface area contributed by atoms with E-state index >= 15 is 0 Å². The fourth-order valence-corrected chi connectivity index (χ4v) is 11.4. The van der Waals surface area contributed by atoms with E-state index in [1.54, 1.807) is 11.1 Å². The summed E-state index contributed by atoms with van der Waals surface area (Å²) in [5.74, 6) is 0. The minimum absolute atomic E-state index is 1.20. The van der Waals surface area contributed by atoms with Crippen LogP contribution in [0.25, 0.3) is 0 Å². The number of nitrogens with zero attached hydrogens (tertiary/aromatic N) is 2. The summed E-state index contributed by atoms with van der Waals surface area (Å²) in [4.78, 5) is 2.86. The lowest BCUT2D eigenvalue weighted by molar-refractivity contribution is -0.941. The van der Waals surface area contributed by atoms with Crippen LogP contribution in [-0.4, -0.2) is 48.2 Å². The van der Waals surface area contributed by atoms with Gasteiger partial charge in [0.25, 0.3) is 0 Å². The summed E-state index contributed by atoms with van der Waals surface area (Å²) in [5, 5.41) is 0. The SMILES string of the molecule is CCCCCC[N+](CCCCCC)(CCCCCC)Cc1cc(C)cc(SSc2cc(C)cc(C[N+](CCCCCC)(CCCCCC)CCCCCC)c2)c1. The lowest BCUT2D eigenvalue weighted by Gasteiger charge is -2.40. The van der Waals surface area contributed by atoms with Gasteiger partial charge in [-0.05, 0) is 126 Å². The second-order valence-electron chi connectivity index (χ2n) is 18.2. The molecule has 0 saturated carbocycles. The molecular weight excluding hydrogens is 717 g/mol. The standard InChI is InChI=1S/C52H94N2S2/c1-9-15-21-27-33-53(34-28-22-16-10-2,35-29-23-17-11-3)45-49-39-47(7)41-51(43-49)55-56-52-42-48(8)40-50(44-52)46-54(36-30-24-18-12-4,37-31-25-19-13-5)38-32-26-20-14-6/h39-44H,9-38,45-46H2,1-8H3/q+2. The first-order valence-corrected chi connectivity index (χ1v) is 26.7. The monoisotopic (exact) mass is 811 g/mol. The van der Waals surface area contributed by atoms with Crippen molar-refractivity contribution in [1.82, 2.24) is 0 Å². The van der Waals surface area contributed by atoms with Crippen molar-refractivity contribution < 1.29 is 8.97 Å². The van der Waals surface area contributed by atoms with Gasteiger partial charge >= 0.3 is 0 Å². The van der Waals surface area contributed by atoms with E-state index in [-0.39, 0.29) is 0 Å². The van der Waals surface area contributed by atoms with Crippen LogP contribution in [0.15, 0.2) is 46.2 Å². The van der Waals surface area contributed by atoms with Gasteiger partial charge in [-0.3, -0.25) is 0 Å². The fourth-order valence-electron chi connectivity index (χ4n) is 9.19. The summed E-state index contributed by atoms with van der Waals surface area (Å²) in [6, 6.07) is 15.1. The van der Waals surface area contributed by atoms with Crippen molar-refractivity contribution in [3.8, 4) is 0 Å². The number of rotatable bonds is 37. The molecule has 0 N–H and O–H groups in total. The van der Waals surface area contributed by atoms with Crippen molar-refractivity contribution in [3.05, 3.63) is 58.7 Å². The molecule has 2 aromatic carbocycles. The molecule has 0 bridgehead atoms. The highest BCUT2D eigenvalue weighted by atomic mass is 33.1. The zero-order chi connectivity index (χ0) is 40.7. The van der Waals surface area contributed by atoms with Crippen molar-refractivity contribution in [3.63, 3.8) is 0 Å². The van der Waals surface area contributed by atoms with Gasteiger partial charge in [0, 0.05) is 20.9 Å². The molecule has 0 unspecified atom stereocenters. The third-order valence-electron chi connectivity index (χ3n) is 12.4. The number of hydrogen-bond acceptors (Lipinski definition) is 2. The minimum Gasteiger partial charge on any atom is -0.320 e. The molecule has 2 nitrogen and oxygen atoms in total. The second kappa shape index (κ2) is 31.9. The second-order valence-corrected chi connectivity index (χ2v) is 20.5. The molecular formula is C52H94N2S2+2. The number of hydrogen-bond donors (Lipinski definition) is 0. The van der Waals surface area contributed by atoms with Crippen molar-refractivity contribution in [2.75, 3.05) is 39.3 Å². The number of aryl methyl sites for hydroxylation is 2. The van der Waals surface area contributed by atoms with E-state index in [1.807, 2.05) is 21.6 Å². The molecule has 56 heavy (non-hydrogen) atoms. The van der Waals surface area contributed by atoms with Crippen LogP contribution in [0.1, 0.15) is 218 Å². The Kier molecular flexibility index (Phi) is 29.2. The van der Waals surface area contributed by atoms with Gasteiger partial charge in [0.05, 0.1) is 39.3 Å². The smallest absolute Gasteiger partial charge is 0.104 e. The molecule has 0 spiro atoms. The highest BCUT2D eigenvalue weighted by Crippen LogP contribution is 2.40. The van der Waals surface area contributed by atoms with Crippen LogP contribution in [0.2, 0.25) is 0 Å². The van der Waals surface area contributed by atoms with E-state index in [0.29, 0.717) is 0 Å². The van der Waals surface area contributed by atoms with E-state index in [0.717, 1.165) is 0 Å². The Labute approximate surface area is 359 Å². The lowest BCUT2D eigenvalue weighted by Crippen LogP contribution is -2.49. The van der Waals surface area contributed by atoms with Crippen molar-refractivity contribution >= 4 is 21.6 Å². The van der Waals surface area contributed by atoms with Crippen molar-refractivity contribution in [2.45, 2.75) is 232 Å². The molecule has 0 amide bonds. The fraction of sp³-hybridized carbons (Fsp3) is 0.769. The Morgan fingerprint density at radius 2 is 0.571 bits per heavy atom. The topological polar surface area (TPSA) is 0 Å². The maximum Gasteiger partial charge on any atom is 0.104 e. The summed E-state index contributed by atoms with van der Waals surface area (Å²) in [5.41, 5.74) is 5.98. The van der Waals surface area contributed by atoms with Gasteiger partial charge in [-0.25, -0.2) is 0 Å². The first-order valence-electron chi connectivity index (χ1n) is 24.5. The van der Waals surface area contributed by atoms with Gasteiger partial charge in [0.1, 0.15) is 13.1 Å². The Bertz CT molecular complexity index is 1080. The highest BCUT2D eigenvalue weighted by molar-refractivity contribution is 8.76. The summed E-state index contributed by atoms with van der Waals surface area (Å²) >= 11 is 0. The van der Waals surface area contributed by atoms with Crippen molar-refractivity contribution in [2.24, 2.45) is 0 Å². The molecule has 4 heteroatoms. The quantitative estimate of drug-likeness (QED) is 0.0379. The Balaban J connectivity index is 2.33. The third-order valence-corrected chi connectivity index (χ3v) is 14.8. The number of unbranched alkanes of at least 4 members (excludes halogenated alkanes) is 18.